The van der Waals surface area contributed by atoms with Crippen LogP contribution in [0, 0.1) is 0 Å². The minimum absolute atomic E-state index is 0.0768. The van der Waals surface area contributed by atoms with E-state index in [0.29, 0.717) is 0 Å². The van der Waals surface area contributed by atoms with Crippen LogP contribution in [0.25, 0.3) is 0 Å². The smallest absolute Gasteiger partial charge is 0.238 e. The van der Waals surface area contributed by atoms with Crippen molar-refractivity contribution in [1.82, 2.24) is 21.3 Å². The van der Waals surface area contributed by atoms with Gasteiger partial charge in [-0.1, -0.05) is 0 Å². The summed E-state index contributed by atoms with van der Waals surface area (Å²) in [7, 11) is 2.68. The molecule has 18 heteroatoms. The average Bonchev–Trinajstić information content (AvgIpc) is 2.98. The Morgan fingerprint density at radius 3 is 2.05 bits per heavy atom. The van der Waals surface area contributed by atoms with Crippen LogP contribution in [0.2, 0.25) is 0 Å². The van der Waals surface area contributed by atoms with Crippen molar-refractivity contribution in [3.05, 3.63) is 0 Å². The molecular weight excluding hydrogens is 588 g/mol. The lowest BCUT2D eigenvalue weighted by Gasteiger charge is -2.42. The number of amides is 2. The molecule has 0 aromatic heterocycles. The molecular formula is C23H46N4O12S2. The third kappa shape index (κ3) is 12.0. The molecule has 0 radical (unpaired) electrons. The summed E-state index contributed by atoms with van der Waals surface area (Å²) in [4.78, 5) is 25.3. The highest BCUT2D eigenvalue weighted by Gasteiger charge is 2.45. The first-order chi connectivity index (χ1) is 19.5. The van der Waals surface area contributed by atoms with E-state index in [4.69, 9.17) is 18.9 Å². The highest BCUT2D eigenvalue weighted by atomic mass is 32.1. The van der Waals surface area contributed by atoms with Gasteiger partial charge in [0.2, 0.25) is 11.8 Å². The number of rotatable bonds is 20. The molecule has 242 valence electrons. The Morgan fingerprint density at radius 1 is 0.976 bits per heavy atom. The van der Waals surface area contributed by atoms with E-state index in [1.807, 2.05) is 0 Å². The van der Waals surface area contributed by atoms with E-state index < -0.39 is 92.4 Å². The lowest BCUT2D eigenvalue weighted by Crippen LogP contribution is -2.66. The Kier molecular flexibility index (Phi) is 18.8. The monoisotopic (exact) mass is 634 g/mol. The van der Waals surface area contributed by atoms with Crippen molar-refractivity contribution in [3.8, 4) is 0 Å². The molecule has 1 aliphatic heterocycles. The van der Waals surface area contributed by atoms with Gasteiger partial charge in [0, 0.05) is 45.4 Å². The second kappa shape index (κ2) is 20.2. The number of hydrogen-bond acceptors (Lipinski definition) is 16. The van der Waals surface area contributed by atoms with Crippen molar-refractivity contribution < 1.29 is 59.2 Å². The Bertz CT molecular complexity index is 761. The summed E-state index contributed by atoms with van der Waals surface area (Å²) < 4.78 is 20.7. The van der Waals surface area contributed by atoms with E-state index in [-0.39, 0.29) is 31.1 Å². The van der Waals surface area contributed by atoms with Gasteiger partial charge in [-0.05, 0) is 6.92 Å². The topological polar surface area (TPSA) is 241 Å². The van der Waals surface area contributed by atoms with Crippen LogP contribution in [0.1, 0.15) is 6.92 Å². The van der Waals surface area contributed by atoms with Crippen LogP contribution in [-0.2, 0) is 28.5 Å². The van der Waals surface area contributed by atoms with E-state index in [1.54, 1.807) is 6.92 Å². The number of ether oxygens (including phenoxy) is 4. The standard InChI is InChI=1S/C23H46N4O12S2/c1-11(36-2)38-15(7-28)18(31)14(30)6-26-21(34)12(9-40)24-4-5-25-13(10-41)22(35)27-17-20(33)19(32)16(8-29)39-23(17)37-3/h11-20,23-25,28-33,40-41H,4-10H2,1-3H3,(H,26,34)(H,27,35)/t11?,12?,13-,14+,15+,16+,17?,18-,19+,20+,23?/m0/s1. The molecule has 0 bridgehead atoms. The van der Waals surface area contributed by atoms with Gasteiger partial charge in [-0.2, -0.15) is 25.3 Å². The zero-order valence-electron chi connectivity index (χ0n) is 23.3. The number of methoxy groups -OCH3 is 2. The fourth-order valence-corrected chi connectivity index (χ4v) is 4.50. The summed E-state index contributed by atoms with van der Waals surface area (Å²) in [6.07, 6.45) is -9.87. The van der Waals surface area contributed by atoms with Gasteiger partial charge < -0.3 is 70.9 Å². The molecule has 0 aromatic rings. The molecule has 0 aromatic carbocycles. The number of nitrogens with one attached hydrogen (secondary N) is 4. The number of aliphatic hydroxyl groups is 6. The van der Waals surface area contributed by atoms with Crippen molar-refractivity contribution in [2.75, 3.05) is 58.6 Å². The van der Waals surface area contributed by atoms with Crippen LogP contribution in [0.5, 0.6) is 0 Å². The van der Waals surface area contributed by atoms with Crippen molar-refractivity contribution in [1.29, 1.82) is 0 Å². The molecule has 11 atom stereocenters. The normalized spacial score (nSPS) is 27.3. The first kappa shape index (κ1) is 38.2. The minimum atomic E-state index is -1.49. The van der Waals surface area contributed by atoms with Crippen LogP contribution in [0.4, 0.5) is 0 Å². The molecule has 1 fully saturated rings. The van der Waals surface area contributed by atoms with E-state index in [0.717, 1.165) is 0 Å². The fourth-order valence-electron chi connectivity index (χ4n) is 3.91. The van der Waals surface area contributed by atoms with Crippen LogP contribution in [0.3, 0.4) is 0 Å². The number of carbonyl (C=O) groups excluding carboxylic acids is 2. The van der Waals surface area contributed by atoms with E-state index in [2.05, 4.69) is 46.5 Å². The van der Waals surface area contributed by atoms with Gasteiger partial charge in [0.25, 0.3) is 0 Å². The van der Waals surface area contributed by atoms with E-state index >= 15 is 0 Å². The maximum Gasteiger partial charge on any atom is 0.238 e. The third-order valence-electron chi connectivity index (χ3n) is 6.47. The van der Waals surface area contributed by atoms with Crippen LogP contribution >= 0.6 is 25.3 Å². The zero-order valence-corrected chi connectivity index (χ0v) is 25.1. The van der Waals surface area contributed by atoms with Crippen molar-refractivity contribution in [2.24, 2.45) is 0 Å². The fraction of sp³-hybridized carbons (Fsp3) is 0.913. The second-order valence-electron chi connectivity index (χ2n) is 9.32. The summed E-state index contributed by atoms with van der Waals surface area (Å²) in [5.41, 5.74) is 0. The number of carbonyl (C=O) groups is 2. The molecule has 1 saturated heterocycles. The zero-order chi connectivity index (χ0) is 31.1. The van der Waals surface area contributed by atoms with Crippen molar-refractivity contribution >= 4 is 37.1 Å². The van der Waals surface area contributed by atoms with E-state index in [9.17, 15) is 40.2 Å². The molecule has 0 saturated carbocycles. The molecule has 0 aliphatic carbocycles. The number of hydrogen-bond donors (Lipinski definition) is 12. The van der Waals surface area contributed by atoms with E-state index in [1.165, 1.54) is 14.2 Å². The van der Waals surface area contributed by atoms with Gasteiger partial charge in [-0.3, -0.25) is 9.59 Å². The van der Waals surface area contributed by atoms with Crippen LogP contribution in [-0.4, -0.2) is 168 Å². The second-order valence-corrected chi connectivity index (χ2v) is 10.0. The summed E-state index contributed by atoms with van der Waals surface area (Å²) in [5, 5.41) is 70.7. The molecule has 2 amide bonds. The summed E-state index contributed by atoms with van der Waals surface area (Å²) in [6, 6.07) is -2.70. The molecule has 1 rings (SSSR count). The Balaban J connectivity index is 2.53. The van der Waals surface area contributed by atoms with Crippen LogP contribution < -0.4 is 21.3 Å². The maximum atomic E-state index is 12.8. The molecule has 1 aliphatic rings. The predicted molar refractivity (Wildman–Crippen MR) is 151 cm³/mol. The highest BCUT2D eigenvalue weighted by molar-refractivity contribution is 7.80. The first-order valence-electron chi connectivity index (χ1n) is 13.1. The van der Waals surface area contributed by atoms with Crippen molar-refractivity contribution in [2.45, 2.75) is 74.3 Å². The van der Waals surface area contributed by atoms with Crippen LogP contribution in [0.15, 0.2) is 0 Å². The lowest BCUT2D eigenvalue weighted by atomic mass is 9.96. The lowest BCUT2D eigenvalue weighted by molar-refractivity contribution is -0.262. The highest BCUT2D eigenvalue weighted by Crippen LogP contribution is 2.21. The molecule has 16 nitrogen and oxygen atoms in total. The quantitative estimate of drug-likeness (QED) is 0.0340. The van der Waals surface area contributed by atoms with Gasteiger partial charge in [-0.25, -0.2) is 0 Å². The number of aliphatic hydroxyl groups excluding tert-OH is 6. The Labute approximate surface area is 250 Å². The Morgan fingerprint density at radius 2 is 1.56 bits per heavy atom. The van der Waals surface area contributed by atoms with Gasteiger partial charge in [0.15, 0.2) is 12.6 Å². The third-order valence-corrected chi connectivity index (χ3v) is 7.20. The largest absolute Gasteiger partial charge is 0.394 e. The summed E-state index contributed by atoms with van der Waals surface area (Å²) in [6.45, 7) is 0.556. The minimum Gasteiger partial charge on any atom is -0.394 e. The summed E-state index contributed by atoms with van der Waals surface area (Å²) in [5.74, 6) is -0.874. The molecule has 41 heavy (non-hydrogen) atoms. The van der Waals surface area contributed by atoms with Crippen molar-refractivity contribution in [3.63, 3.8) is 0 Å². The van der Waals surface area contributed by atoms with Gasteiger partial charge in [-0.15, -0.1) is 0 Å². The molecule has 10 N–H and O–H groups in total. The SMILES string of the molecule is COC(C)O[C@H](CO)[C@@H](O)[C@H](O)CNC(=O)C(CS)NCCN[C@@H](CS)C(=O)NC1C(OC)O[C@H](CO)[C@@H](O)[C@@H]1O. The first-order valence-corrected chi connectivity index (χ1v) is 14.3. The Hall–Kier alpha value is -0.840. The average molecular weight is 635 g/mol. The van der Waals surface area contributed by atoms with Gasteiger partial charge in [0.1, 0.15) is 36.6 Å². The summed E-state index contributed by atoms with van der Waals surface area (Å²) >= 11 is 8.35. The molecule has 1 heterocycles. The predicted octanol–water partition coefficient (Wildman–Crippen LogP) is -5.46. The van der Waals surface area contributed by atoms with Gasteiger partial charge >= 0.3 is 0 Å². The molecule has 0 spiro atoms. The maximum absolute atomic E-state index is 12.8. The molecule has 4 unspecified atom stereocenters. The van der Waals surface area contributed by atoms with Gasteiger partial charge in [0.05, 0.1) is 31.4 Å². The number of thiol groups is 2.